The lowest BCUT2D eigenvalue weighted by Gasteiger charge is -2.35. The van der Waals surface area contributed by atoms with Crippen LogP contribution in [0.25, 0.3) is 0 Å². The van der Waals surface area contributed by atoms with Gasteiger partial charge in [0.15, 0.2) is 0 Å². The molecule has 1 amide bonds. The lowest BCUT2D eigenvalue weighted by molar-refractivity contribution is -0.133. The van der Waals surface area contributed by atoms with Gasteiger partial charge in [-0.1, -0.05) is 0 Å². The van der Waals surface area contributed by atoms with Crippen LogP contribution in [0.5, 0.6) is 0 Å². The number of aliphatic hydroxyl groups is 1. The molecule has 3 rings (SSSR count). The topological polar surface area (TPSA) is 58.4 Å². The van der Waals surface area contributed by atoms with Crippen LogP contribution in [0, 0.1) is 17.6 Å². The van der Waals surface area contributed by atoms with Gasteiger partial charge in [-0.2, -0.15) is 0 Å². The van der Waals surface area contributed by atoms with E-state index in [0.29, 0.717) is 18.9 Å². The molecular weight excluding hydrogens is 328 g/mol. The fourth-order valence-electron chi connectivity index (χ4n) is 3.32. The maximum absolute atomic E-state index is 13.7. The Morgan fingerprint density at radius 2 is 2.24 bits per heavy atom. The van der Waals surface area contributed by atoms with Gasteiger partial charge in [0.2, 0.25) is 5.91 Å². The van der Waals surface area contributed by atoms with Crippen LogP contribution in [0.2, 0.25) is 0 Å². The Hall–Kier alpha value is -2.28. The van der Waals surface area contributed by atoms with Gasteiger partial charge < -0.3 is 14.6 Å². The smallest absolute Gasteiger partial charge is 0.227 e. The average molecular weight is 349 g/mol. The summed E-state index contributed by atoms with van der Waals surface area (Å²) in [6.45, 7) is 0.934. The molecule has 0 aliphatic carbocycles. The zero-order chi connectivity index (χ0) is 18.0. The van der Waals surface area contributed by atoms with E-state index < -0.39 is 17.7 Å². The fraction of sp³-hybridized carbons (Fsp3) is 0.444. The Morgan fingerprint density at radius 1 is 1.44 bits per heavy atom. The zero-order valence-corrected chi connectivity index (χ0v) is 14.0. The number of imidazole rings is 1. The van der Waals surface area contributed by atoms with Crippen LogP contribution in [0.3, 0.4) is 0 Å². The van der Waals surface area contributed by atoms with Gasteiger partial charge in [0, 0.05) is 44.0 Å². The second-order valence-corrected chi connectivity index (χ2v) is 6.50. The summed E-state index contributed by atoms with van der Waals surface area (Å²) >= 11 is 0. The van der Waals surface area contributed by atoms with Crippen molar-refractivity contribution in [2.75, 3.05) is 13.1 Å². The van der Waals surface area contributed by atoms with Crippen LogP contribution in [0.1, 0.15) is 30.3 Å². The largest absolute Gasteiger partial charge is 0.385 e. The zero-order valence-electron chi connectivity index (χ0n) is 14.0. The van der Waals surface area contributed by atoms with Gasteiger partial charge >= 0.3 is 0 Å². The summed E-state index contributed by atoms with van der Waals surface area (Å²) in [5.41, 5.74) is 0.0526. The maximum atomic E-state index is 13.7. The highest BCUT2D eigenvalue weighted by Crippen LogP contribution is 2.29. The number of hydrogen-bond acceptors (Lipinski definition) is 3. The quantitative estimate of drug-likeness (QED) is 0.921. The van der Waals surface area contributed by atoms with E-state index in [1.54, 1.807) is 21.9 Å². The number of aromatic nitrogens is 2. The molecule has 1 aromatic heterocycles. The summed E-state index contributed by atoms with van der Waals surface area (Å²) in [6.07, 6.45) is 3.97. The number of benzene rings is 1. The number of rotatable bonds is 4. The third-order valence-electron chi connectivity index (χ3n) is 4.73. The summed E-state index contributed by atoms with van der Waals surface area (Å²) in [4.78, 5) is 18.3. The van der Waals surface area contributed by atoms with Gasteiger partial charge in [-0.3, -0.25) is 4.79 Å². The van der Waals surface area contributed by atoms with Crippen LogP contribution >= 0.6 is 0 Å². The van der Waals surface area contributed by atoms with Crippen LogP contribution in [-0.4, -0.2) is 38.6 Å². The molecule has 0 radical (unpaired) electrons. The molecule has 2 atom stereocenters. The summed E-state index contributed by atoms with van der Waals surface area (Å²) in [5.74, 6) is -0.977. The highest BCUT2D eigenvalue weighted by atomic mass is 19.1. The highest BCUT2D eigenvalue weighted by molar-refractivity contribution is 5.79. The van der Waals surface area contributed by atoms with E-state index in [4.69, 9.17) is 0 Å². The molecule has 7 heteroatoms. The van der Waals surface area contributed by atoms with Crippen molar-refractivity contribution in [2.45, 2.75) is 25.4 Å². The molecule has 2 aromatic rings. The number of carbonyl (C=O) groups excluding carboxylic acids is 1. The van der Waals surface area contributed by atoms with Gasteiger partial charge in [-0.25, -0.2) is 13.8 Å². The predicted molar refractivity (Wildman–Crippen MR) is 87.5 cm³/mol. The van der Waals surface area contributed by atoms with E-state index in [2.05, 4.69) is 4.98 Å². The first kappa shape index (κ1) is 17.5. The molecule has 1 saturated heterocycles. The molecule has 0 spiro atoms. The number of amides is 1. The molecule has 2 heterocycles. The van der Waals surface area contributed by atoms with Crippen LogP contribution < -0.4 is 0 Å². The minimum atomic E-state index is -0.762. The third kappa shape index (κ3) is 3.87. The van der Waals surface area contributed by atoms with Crippen LogP contribution in [-0.2, 0) is 18.3 Å². The number of piperidine rings is 1. The first-order valence-electron chi connectivity index (χ1n) is 8.32. The summed E-state index contributed by atoms with van der Waals surface area (Å²) in [6, 6.07) is 3.11. The molecule has 1 aliphatic heterocycles. The highest BCUT2D eigenvalue weighted by Gasteiger charge is 2.31. The molecular formula is C18H21F2N3O2. The Morgan fingerprint density at radius 3 is 2.96 bits per heavy atom. The summed E-state index contributed by atoms with van der Waals surface area (Å²) < 4.78 is 28.8. The van der Waals surface area contributed by atoms with Gasteiger partial charge in [0.05, 0.1) is 6.42 Å². The van der Waals surface area contributed by atoms with Crippen molar-refractivity contribution in [3.63, 3.8) is 0 Å². The van der Waals surface area contributed by atoms with Gasteiger partial charge in [-0.05, 0) is 31.0 Å². The molecule has 1 fully saturated rings. The second-order valence-electron chi connectivity index (χ2n) is 6.50. The van der Waals surface area contributed by atoms with E-state index >= 15 is 0 Å². The van der Waals surface area contributed by atoms with Gasteiger partial charge in [0.25, 0.3) is 0 Å². The number of carbonyl (C=O) groups is 1. The van der Waals surface area contributed by atoms with E-state index in [9.17, 15) is 18.7 Å². The first-order valence-corrected chi connectivity index (χ1v) is 8.32. The SMILES string of the molecule is Cn1ccnc1C(O)C1CCCN(C(=O)Cc2cc(F)ccc2F)C1. The first-order chi connectivity index (χ1) is 12.0. The Labute approximate surface area is 144 Å². The number of nitrogens with zero attached hydrogens (tertiary/aromatic N) is 3. The van der Waals surface area contributed by atoms with Crippen molar-refractivity contribution in [1.82, 2.24) is 14.5 Å². The minimum absolute atomic E-state index is 0.0526. The lowest BCUT2D eigenvalue weighted by Crippen LogP contribution is -2.42. The molecule has 1 aliphatic rings. The fourth-order valence-corrected chi connectivity index (χ4v) is 3.32. The predicted octanol–water partition coefficient (Wildman–Crippen LogP) is 2.21. The number of likely N-dealkylation sites (tertiary alicyclic amines) is 1. The third-order valence-corrected chi connectivity index (χ3v) is 4.73. The maximum Gasteiger partial charge on any atom is 0.227 e. The average Bonchev–Trinajstić information content (AvgIpc) is 3.03. The van der Waals surface area contributed by atoms with Crippen molar-refractivity contribution >= 4 is 5.91 Å². The number of aliphatic hydroxyl groups excluding tert-OH is 1. The lowest BCUT2D eigenvalue weighted by atomic mass is 9.91. The molecule has 2 unspecified atom stereocenters. The van der Waals surface area contributed by atoms with Gasteiger partial charge in [-0.15, -0.1) is 0 Å². The number of aryl methyl sites for hydroxylation is 1. The molecule has 0 bridgehead atoms. The molecule has 25 heavy (non-hydrogen) atoms. The Kier molecular flexibility index (Phi) is 5.13. The number of halogens is 2. The van der Waals surface area contributed by atoms with Crippen molar-refractivity contribution in [3.8, 4) is 0 Å². The van der Waals surface area contributed by atoms with Crippen molar-refractivity contribution < 1.29 is 18.7 Å². The Bertz CT molecular complexity index is 763. The molecule has 1 N–H and O–H groups in total. The summed E-state index contributed by atoms with van der Waals surface area (Å²) in [5, 5.41) is 10.6. The van der Waals surface area contributed by atoms with Crippen LogP contribution in [0.4, 0.5) is 8.78 Å². The molecule has 1 aromatic carbocycles. The number of hydrogen-bond donors (Lipinski definition) is 1. The van der Waals surface area contributed by atoms with E-state index in [0.717, 1.165) is 31.0 Å². The standard InChI is InChI=1S/C18H21F2N3O2/c1-22-8-6-21-18(22)17(25)12-3-2-7-23(11-12)16(24)10-13-9-14(19)4-5-15(13)20/h4-6,8-9,12,17,25H,2-3,7,10-11H2,1H3. The second kappa shape index (κ2) is 7.31. The minimum Gasteiger partial charge on any atom is -0.385 e. The van der Waals surface area contributed by atoms with Crippen molar-refractivity contribution in [3.05, 3.63) is 53.6 Å². The van der Waals surface area contributed by atoms with Crippen LogP contribution in [0.15, 0.2) is 30.6 Å². The Balaban J connectivity index is 1.67. The molecule has 0 saturated carbocycles. The monoisotopic (exact) mass is 349 g/mol. The van der Waals surface area contributed by atoms with Crippen molar-refractivity contribution in [1.29, 1.82) is 0 Å². The van der Waals surface area contributed by atoms with E-state index in [-0.39, 0.29) is 23.8 Å². The van der Waals surface area contributed by atoms with Gasteiger partial charge in [0.1, 0.15) is 23.6 Å². The molecule has 134 valence electrons. The molecule has 5 nitrogen and oxygen atoms in total. The van der Waals surface area contributed by atoms with Crippen molar-refractivity contribution in [2.24, 2.45) is 13.0 Å². The van der Waals surface area contributed by atoms with E-state index in [1.807, 2.05) is 7.05 Å². The summed E-state index contributed by atoms with van der Waals surface area (Å²) in [7, 11) is 1.81. The normalized spacial score (nSPS) is 19.0. The van der Waals surface area contributed by atoms with E-state index in [1.165, 1.54) is 0 Å².